The molecule has 0 saturated heterocycles. The van der Waals surface area contributed by atoms with Gasteiger partial charge in [0.15, 0.2) is 11.0 Å². The second-order valence-electron chi connectivity index (χ2n) is 4.58. The molecule has 1 aromatic rings. The lowest BCUT2D eigenvalue weighted by molar-refractivity contribution is -0.133. The minimum atomic E-state index is -0.916. The Morgan fingerprint density at radius 2 is 2.15 bits per heavy atom. The summed E-state index contributed by atoms with van der Waals surface area (Å²) >= 11 is 1.09. The fourth-order valence-electron chi connectivity index (χ4n) is 1.78. The molecule has 0 amide bonds. The van der Waals surface area contributed by atoms with Gasteiger partial charge in [-0.3, -0.25) is 9.36 Å². The number of hydrogen-bond donors (Lipinski definition) is 2. The van der Waals surface area contributed by atoms with Gasteiger partial charge in [0.2, 0.25) is 0 Å². The highest BCUT2D eigenvalue weighted by Crippen LogP contribution is 2.27. The summed E-state index contributed by atoms with van der Waals surface area (Å²) in [4.78, 5) is 10.7. The lowest BCUT2D eigenvalue weighted by Gasteiger charge is -2.24. The maximum Gasteiger partial charge on any atom is 0.313 e. The Morgan fingerprint density at radius 1 is 1.45 bits per heavy atom. The van der Waals surface area contributed by atoms with Crippen LogP contribution in [0.5, 0.6) is 0 Å². The molecular formula is C12H21N3O4S. The van der Waals surface area contributed by atoms with E-state index in [-0.39, 0.29) is 24.3 Å². The summed E-state index contributed by atoms with van der Waals surface area (Å²) < 4.78 is 7.26. The normalized spacial score (nSPS) is 12.8. The Morgan fingerprint density at radius 3 is 2.65 bits per heavy atom. The van der Waals surface area contributed by atoms with Gasteiger partial charge in [0.25, 0.3) is 0 Å². The van der Waals surface area contributed by atoms with Crippen LogP contribution in [0, 0.1) is 5.92 Å². The van der Waals surface area contributed by atoms with Crippen LogP contribution in [0.1, 0.15) is 32.6 Å². The van der Waals surface area contributed by atoms with E-state index in [1.807, 2.05) is 20.8 Å². The third-order valence-electron chi connectivity index (χ3n) is 2.80. The van der Waals surface area contributed by atoms with Gasteiger partial charge in [-0.25, -0.2) is 0 Å². The highest BCUT2D eigenvalue weighted by Gasteiger charge is 2.24. The largest absolute Gasteiger partial charge is 0.481 e. The van der Waals surface area contributed by atoms with E-state index in [9.17, 15) is 9.90 Å². The molecular weight excluding hydrogens is 282 g/mol. The first-order valence-corrected chi connectivity index (χ1v) is 7.46. The van der Waals surface area contributed by atoms with Crippen molar-refractivity contribution >= 4 is 17.7 Å². The van der Waals surface area contributed by atoms with Gasteiger partial charge in [-0.15, -0.1) is 10.2 Å². The summed E-state index contributed by atoms with van der Waals surface area (Å²) in [5, 5.41) is 26.5. The van der Waals surface area contributed by atoms with Gasteiger partial charge in [-0.2, -0.15) is 0 Å². The summed E-state index contributed by atoms with van der Waals surface area (Å²) in [6.07, 6.45) is 0. The van der Waals surface area contributed by atoms with Gasteiger partial charge < -0.3 is 14.9 Å². The maximum absolute atomic E-state index is 10.7. The van der Waals surface area contributed by atoms with E-state index in [4.69, 9.17) is 9.84 Å². The number of aliphatic hydroxyl groups is 1. The molecule has 114 valence electrons. The number of rotatable bonds is 9. The zero-order valence-electron chi connectivity index (χ0n) is 11.9. The van der Waals surface area contributed by atoms with Crippen LogP contribution in [0.15, 0.2) is 5.16 Å². The van der Waals surface area contributed by atoms with Crippen molar-refractivity contribution in [1.82, 2.24) is 14.8 Å². The molecule has 7 nitrogen and oxygen atoms in total. The van der Waals surface area contributed by atoms with Crippen LogP contribution in [0.3, 0.4) is 0 Å². The number of ether oxygens (including phenoxy) is 1. The zero-order chi connectivity index (χ0) is 15.1. The smallest absolute Gasteiger partial charge is 0.313 e. The molecule has 1 rings (SSSR count). The Hall–Kier alpha value is -1.12. The van der Waals surface area contributed by atoms with Crippen LogP contribution in [0.25, 0.3) is 0 Å². The molecule has 1 aromatic heterocycles. The lowest BCUT2D eigenvalue weighted by atomic mass is 10.1. The average Bonchev–Trinajstić information content (AvgIpc) is 2.79. The number of carboxylic acid groups (broad SMARTS) is 1. The van der Waals surface area contributed by atoms with Crippen molar-refractivity contribution < 1.29 is 19.7 Å². The SMILES string of the molecule is CCOCC(C(C)C)n1c(CO)nnc1SCC(=O)O. The minimum absolute atomic E-state index is 0.0385. The summed E-state index contributed by atoms with van der Waals surface area (Å²) in [5.74, 6) is -0.340. The maximum atomic E-state index is 10.7. The fourth-order valence-corrected chi connectivity index (χ4v) is 2.51. The zero-order valence-corrected chi connectivity index (χ0v) is 12.8. The molecule has 0 spiro atoms. The molecule has 1 heterocycles. The Bertz CT molecular complexity index is 436. The third kappa shape index (κ3) is 4.46. The second-order valence-corrected chi connectivity index (χ2v) is 5.52. The van der Waals surface area contributed by atoms with Crippen LogP contribution >= 0.6 is 11.8 Å². The fraction of sp³-hybridized carbons (Fsp3) is 0.750. The van der Waals surface area contributed by atoms with E-state index >= 15 is 0 Å². The predicted octanol–water partition coefficient (Wildman–Crippen LogP) is 1.18. The average molecular weight is 303 g/mol. The molecule has 0 aliphatic rings. The first-order valence-electron chi connectivity index (χ1n) is 6.48. The quantitative estimate of drug-likeness (QED) is 0.661. The number of aliphatic hydroxyl groups excluding tert-OH is 1. The Labute approximate surface area is 122 Å². The molecule has 20 heavy (non-hydrogen) atoms. The molecule has 0 radical (unpaired) electrons. The molecule has 1 atom stereocenters. The number of hydrogen-bond acceptors (Lipinski definition) is 6. The van der Waals surface area contributed by atoms with Gasteiger partial charge in [-0.1, -0.05) is 25.6 Å². The molecule has 0 aliphatic heterocycles. The summed E-state index contributed by atoms with van der Waals surface area (Å²) in [6, 6.07) is -0.0385. The minimum Gasteiger partial charge on any atom is -0.481 e. The van der Waals surface area contributed by atoms with Crippen molar-refractivity contribution in [1.29, 1.82) is 0 Å². The molecule has 1 unspecified atom stereocenters. The monoisotopic (exact) mass is 303 g/mol. The lowest BCUT2D eigenvalue weighted by Crippen LogP contribution is -2.24. The van der Waals surface area contributed by atoms with Gasteiger partial charge >= 0.3 is 5.97 Å². The predicted molar refractivity (Wildman–Crippen MR) is 74.7 cm³/mol. The van der Waals surface area contributed by atoms with E-state index in [0.717, 1.165) is 11.8 Å². The summed E-state index contributed by atoms with van der Waals surface area (Å²) in [6.45, 7) is 6.82. The van der Waals surface area contributed by atoms with E-state index < -0.39 is 5.97 Å². The number of carbonyl (C=O) groups is 1. The van der Waals surface area contributed by atoms with E-state index in [1.54, 1.807) is 4.57 Å². The standard InChI is InChI=1S/C12H21N3O4S/c1-4-19-6-9(8(2)3)15-10(5-16)13-14-12(15)20-7-11(17)18/h8-9,16H,4-7H2,1-3H3,(H,17,18). The molecule has 0 aliphatic carbocycles. The second kappa shape index (κ2) is 8.23. The number of thioether (sulfide) groups is 1. The van der Waals surface area contributed by atoms with Crippen LogP contribution in [-0.4, -0.2) is 49.9 Å². The van der Waals surface area contributed by atoms with Gasteiger partial charge in [0, 0.05) is 6.61 Å². The van der Waals surface area contributed by atoms with E-state index in [2.05, 4.69) is 10.2 Å². The third-order valence-corrected chi connectivity index (χ3v) is 3.72. The molecule has 0 fully saturated rings. The van der Waals surface area contributed by atoms with Crippen LogP contribution in [0.4, 0.5) is 0 Å². The van der Waals surface area contributed by atoms with Crippen molar-refractivity contribution in [2.45, 2.75) is 38.6 Å². The molecule has 8 heteroatoms. The van der Waals surface area contributed by atoms with E-state index in [1.165, 1.54) is 0 Å². The topological polar surface area (TPSA) is 97.5 Å². The number of aromatic nitrogens is 3. The van der Waals surface area contributed by atoms with E-state index in [0.29, 0.717) is 24.2 Å². The van der Waals surface area contributed by atoms with Crippen LogP contribution < -0.4 is 0 Å². The van der Waals surface area contributed by atoms with Crippen molar-refractivity contribution in [3.05, 3.63) is 5.82 Å². The van der Waals surface area contributed by atoms with Gasteiger partial charge in [0.1, 0.15) is 6.61 Å². The Kier molecular flexibility index (Phi) is 6.97. The number of nitrogens with zero attached hydrogens (tertiary/aromatic N) is 3. The molecule has 0 saturated carbocycles. The first kappa shape index (κ1) is 16.9. The van der Waals surface area contributed by atoms with Crippen molar-refractivity contribution in [3.8, 4) is 0 Å². The summed E-state index contributed by atoms with van der Waals surface area (Å²) in [7, 11) is 0. The molecule has 2 N–H and O–H groups in total. The first-order chi connectivity index (χ1) is 9.51. The van der Waals surface area contributed by atoms with Gasteiger partial charge in [0.05, 0.1) is 18.4 Å². The van der Waals surface area contributed by atoms with Crippen molar-refractivity contribution in [3.63, 3.8) is 0 Å². The number of carboxylic acids is 1. The van der Waals surface area contributed by atoms with Crippen molar-refractivity contribution in [2.24, 2.45) is 5.92 Å². The van der Waals surface area contributed by atoms with Gasteiger partial charge in [-0.05, 0) is 12.8 Å². The highest BCUT2D eigenvalue weighted by atomic mass is 32.2. The van der Waals surface area contributed by atoms with Crippen LogP contribution in [0.2, 0.25) is 0 Å². The number of aliphatic carboxylic acids is 1. The molecule has 0 bridgehead atoms. The summed E-state index contributed by atoms with van der Waals surface area (Å²) in [5.41, 5.74) is 0. The highest BCUT2D eigenvalue weighted by molar-refractivity contribution is 7.99. The van der Waals surface area contributed by atoms with Crippen LogP contribution in [-0.2, 0) is 16.1 Å². The molecule has 0 aromatic carbocycles. The van der Waals surface area contributed by atoms with Crippen molar-refractivity contribution in [2.75, 3.05) is 19.0 Å². The Balaban J connectivity index is 3.02.